The SMILES string of the molecule is COc1ccc(CNc2ccc3c(c2)Cc2cccc(C4CN(c5ccc[nH]c5=O)CCO4)c2O3)nc1. The van der Waals surface area contributed by atoms with Gasteiger partial charge < -0.3 is 29.4 Å². The first-order valence-electron chi connectivity index (χ1n) is 12.4. The van der Waals surface area contributed by atoms with E-state index in [4.69, 9.17) is 14.2 Å². The fourth-order valence-corrected chi connectivity index (χ4v) is 4.91. The summed E-state index contributed by atoms with van der Waals surface area (Å²) in [6, 6.07) is 19.9. The molecule has 0 saturated carbocycles. The standard InChI is InChI=1S/C29H28N4O4/c1-35-23-9-7-22(32-17-23)16-31-21-8-10-26-20(15-21)14-19-4-2-5-24(28(19)37-26)27-18-33(12-13-36-27)25-6-3-11-30-29(25)34/h2-11,15,17,27,31H,12-14,16,18H2,1H3,(H,30,34). The van der Waals surface area contributed by atoms with E-state index >= 15 is 0 Å². The number of benzene rings is 2. The summed E-state index contributed by atoms with van der Waals surface area (Å²) >= 11 is 0. The molecule has 1 saturated heterocycles. The van der Waals surface area contributed by atoms with Crippen molar-refractivity contribution in [2.24, 2.45) is 0 Å². The Morgan fingerprint density at radius 2 is 2.08 bits per heavy atom. The van der Waals surface area contributed by atoms with Gasteiger partial charge in [-0.2, -0.15) is 0 Å². The molecule has 1 fully saturated rings. The molecule has 0 radical (unpaired) electrons. The molecule has 2 aromatic carbocycles. The van der Waals surface area contributed by atoms with E-state index in [0.29, 0.717) is 31.9 Å². The monoisotopic (exact) mass is 496 g/mol. The zero-order valence-electron chi connectivity index (χ0n) is 20.6. The van der Waals surface area contributed by atoms with Crippen molar-refractivity contribution in [3.05, 3.63) is 106 Å². The molecule has 0 amide bonds. The maximum atomic E-state index is 12.3. The van der Waals surface area contributed by atoms with E-state index in [1.165, 1.54) is 0 Å². The summed E-state index contributed by atoms with van der Waals surface area (Å²) in [4.78, 5) is 21.6. The molecule has 8 heteroatoms. The average molecular weight is 497 g/mol. The van der Waals surface area contributed by atoms with Crippen LogP contribution in [-0.4, -0.2) is 36.8 Å². The van der Waals surface area contributed by atoms with Gasteiger partial charge in [-0.15, -0.1) is 0 Å². The Balaban J connectivity index is 1.19. The fourth-order valence-electron chi connectivity index (χ4n) is 4.91. The Hall–Kier alpha value is -4.30. The molecule has 8 nitrogen and oxygen atoms in total. The van der Waals surface area contributed by atoms with Crippen LogP contribution in [0.25, 0.3) is 0 Å². The molecule has 0 aliphatic carbocycles. The number of nitrogens with zero attached hydrogens (tertiary/aromatic N) is 2. The number of H-pyrrole nitrogens is 1. The van der Waals surface area contributed by atoms with Gasteiger partial charge in [-0.05, 0) is 48.0 Å². The second-order valence-corrected chi connectivity index (χ2v) is 9.17. The maximum Gasteiger partial charge on any atom is 0.271 e. The highest BCUT2D eigenvalue weighted by molar-refractivity contribution is 5.59. The number of methoxy groups -OCH3 is 1. The number of morpholine rings is 1. The van der Waals surface area contributed by atoms with E-state index in [0.717, 1.165) is 51.7 Å². The van der Waals surface area contributed by atoms with Crippen LogP contribution in [0, 0.1) is 0 Å². The normalized spacial score (nSPS) is 16.4. The third kappa shape index (κ3) is 4.75. The molecular weight excluding hydrogens is 468 g/mol. The fraction of sp³-hybridized carbons (Fsp3) is 0.241. The number of hydrogen-bond donors (Lipinski definition) is 2. The highest BCUT2D eigenvalue weighted by Crippen LogP contribution is 2.43. The molecule has 6 rings (SSSR count). The minimum atomic E-state index is -0.192. The number of ether oxygens (including phenoxy) is 3. The summed E-state index contributed by atoms with van der Waals surface area (Å²) in [5.41, 5.74) is 5.78. The van der Waals surface area contributed by atoms with Crippen LogP contribution >= 0.6 is 0 Å². The minimum Gasteiger partial charge on any atom is -0.495 e. The Bertz CT molecular complexity index is 1470. The molecule has 2 N–H and O–H groups in total. The summed E-state index contributed by atoms with van der Waals surface area (Å²) in [7, 11) is 1.63. The van der Waals surface area contributed by atoms with Crippen LogP contribution in [0.2, 0.25) is 0 Å². The van der Waals surface area contributed by atoms with E-state index in [1.807, 2.05) is 36.4 Å². The van der Waals surface area contributed by atoms with Gasteiger partial charge in [-0.1, -0.05) is 18.2 Å². The van der Waals surface area contributed by atoms with Gasteiger partial charge in [0.05, 0.1) is 32.2 Å². The van der Waals surface area contributed by atoms with Gasteiger partial charge >= 0.3 is 0 Å². The van der Waals surface area contributed by atoms with Gasteiger partial charge in [-0.3, -0.25) is 9.78 Å². The first-order chi connectivity index (χ1) is 18.2. The van der Waals surface area contributed by atoms with Crippen molar-refractivity contribution in [3.63, 3.8) is 0 Å². The molecule has 2 aliphatic heterocycles. The largest absolute Gasteiger partial charge is 0.495 e. The van der Waals surface area contributed by atoms with E-state index in [-0.39, 0.29) is 11.7 Å². The third-order valence-corrected chi connectivity index (χ3v) is 6.84. The number of anilines is 2. The van der Waals surface area contributed by atoms with Crippen molar-refractivity contribution in [1.82, 2.24) is 9.97 Å². The highest BCUT2D eigenvalue weighted by atomic mass is 16.5. The number of aromatic nitrogens is 2. The molecular formula is C29H28N4O4. The van der Waals surface area contributed by atoms with Gasteiger partial charge in [0, 0.05) is 42.5 Å². The zero-order chi connectivity index (χ0) is 25.2. The Morgan fingerprint density at radius 3 is 2.92 bits per heavy atom. The summed E-state index contributed by atoms with van der Waals surface area (Å²) < 4.78 is 17.8. The number of hydrogen-bond acceptors (Lipinski definition) is 7. The summed E-state index contributed by atoms with van der Waals surface area (Å²) in [6.07, 6.45) is 3.95. The lowest BCUT2D eigenvalue weighted by atomic mass is 9.95. The lowest BCUT2D eigenvalue weighted by Gasteiger charge is -2.35. The topological polar surface area (TPSA) is 88.7 Å². The predicted molar refractivity (Wildman–Crippen MR) is 142 cm³/mol. The van der Waals surface area contributed by atoms with E-state index in [9.17, 15) is 4.79 Å². The van der Waals surface area contributed by atoms with Crippen molar-refractivity contribution in [2.75, 3.05) is 37.0 Å². The summed E-state index contributed by atoms with van der Waals surface area (Å²) in [6.45, 7) is 2.41. The number of nitrogens with one attached hydrogen (secondary N) is 2. The predicted octanol–water partition coefficient (Wildman–Crippen LogP) is 4.67. The quantitative estimate of drug-likeness (QED) is 0.353. The van der Waals surface area contributed by atoms with Crippen molar-refractivity contribution < 1.29 is 14.2 Å². The highest BCUT2D eigenvalue weighted by Gasteiger charge is 2.29. The molecule has 1 unspecified atom stereocenters. The van der Waals surface area contributed by atoms with Crippen LogP contribution in [0.5, 0.6) is 17.2 Å². The van der Waals surface area contributed by atoms with Gasteiger partial charge in [0.1, 0.15) is 29.0 Å². The Labute approximate surface area is 214 Å². The molecule has 0 spiro atoms. The Kier molecular flexibility index (Phi) is 6.24. The zero-order valence-corrected chi connectivity index (χ0v) is 20.6. The van der Waals surface area contributed by atoms with Crippen LogP contribution in [0.15, 0.2) is 77.9 Å². The average Bonchev–Trinajstić information content (AvgIpc) is 2.95. The number of aromatic amines is 1. The molecule has 1 atom stereocenters. The minimum absolute atomic E-state index is 0.0874. The van der Waals surface area contributed by atoms with Crippen molar-refractivity contribution in [3.8, 4) is 17.2 Å². The van der Waals surface area contributed by atoms with Crippen LogP contribution < -0.4 is 25.2 Å². The Morgan fingerprint density at radius 1 is 1.14 bits per heavy atom. The summed E-state index contributed by atoms with van der Waals surface area (Å²) in [5.74, 6) is 2.44. The maximum absolute atomic E-state index is 12.3. The van der Waals surface area contributed by atoms with Crippen molar-refractivity contribution in [2.45, 2.75) is 19.1 Å². The number of rotatable bonds is 6. The summed E-state index contributed by atoms with van der Waals surface area (Å²) in [5, 5.41) is 3.45. The van der Waals surface area contributed by atoms with Crippen molar-refractivity contribution in [1.29, 1.82) is 0 Å². The van der Waals surface area contributed by atoms with Gasteiger partial charge in [0.15, 0.2) is 0 Å². The smallest absolute Gasteiger partial charge is 0.271 e. The van der Waals surface area contributed by atoms with Crippen LogP contribution in [0.1, 0.15) is 28.5 Å². The van der Waals surface area contributed by atoms with Gasteiger partial charge in [0.25, 0.3) is 5.56 Å². The van der Waals surface area contributed by atoms with E-state index < -0.39 is 0 Å². The van der Waals surface area contributed by atoms with Crippen molar-refractivity contribution >= 4 is 11.4 Å². The van der Waals surface area contributed by atoms with E-state index in [1.54, 1.807) is 19.5 Å². The molecule has 2 aromatic heterocycles. The first-order valence-corrected chi connectivity index (χ1v) is 12.4. The van der Waals surface area contributed by atoms with E-state index in [2.05, 4.69) is 44.5 Å². The number of para-hydroxylation sites is 1. The molecule has 37 heavy (non-hydrogen) atoms. The lowest BCUT2D eigenvalue weighted by Crippen LogP contribution is -2.41. The molecule has 188 valence electrons. The van der Waals surface area contributed by atoms with Crippen LogP contribution in [0.4, 0.5) is 11.4 Å². The third-order valence-electron chi connectivity index (χ3n) is 6.84. The molecule has 4 heterocycles. The van der Waals surface area contributed by atoms with Gasteiger partial charge in [-0.25, -0.2) is 0 Å². The second-order valence-electron chi connectivity index (χ2n) is 9.17. The van der Waals surface area contributed by atoms with Crippen LogP contribution in [-0.2, 0) is 17.7 Å². The molecule has 2 aliphatic rings. The first kappa shape index (κ1) is 23.1. The second kappa shape index (κ2) is 9.99. The lowest BCUT2D eigenvalue weighted by molar-refractivity contribution is 0.0383. The van der Waals surface area contributed by atoms with Crippen LogP contribution in [0.3, 0.4) is 0 Å². The molecule has 0 bridgehead atoms. The number of fused-ring (bicyclic) bond motifs is 2. The number of pyridine rings is 2. The molecule has 4 aromatic rings. The van der Waals surface area contributed by atoms with Gasteiger partial charge in [0.2, 0.25) is 0 Å².